The molecule has 6 nitrogen and oxygen atoms in total. The van der Waals surface area contributed by atoms with Crippen LogP contribution < -0.4 is 9.91 Å². The van der Waals surface area contributed by atoms with E-state index in [1.54, 1.807) is 37.3 Å². The molecular formula is C20H15BrClN3O3. The van der Waals surface area contributed by atoms with Gasteiger partial charge >= 0.3 is 0 Å². The van der Waals surface area contributed by atoms with Crippen molar-refractivity contribution in [2.45, 2.75) is 19.9 Å². The molecule has 1 saturated heterocycles. The Hall–Kier alpha value is -2.51. The van der Waals surface area contributed by atoms with Crippen LogP contribution in [0.1, 0.15) is 12.5 Å². The van der Waals surface area contributed by atoms with Crippen LogP contribution in [0.25, 0.3) is 0 Å². The van der Waals surface area contributed by atoms with Gasteiger partial charge in [0.25, 0.3) is 5.91 Å². The third-order valence-corrected chi connectivity index (χ3v) is 5.92. The van der Waals surface area contributed by atoms with Crippen LogP contribution in [0, 0.1) is 12.8 Å². The smallest absolute Gasteiger partial charge is 0.259 e. The first-order valence-electron chi connectivity index (χ1n) is 8.58. The second-order valence-electron chi connectivity index (χ2n) is 6.68. The third kappa shape index (κ3) is 2.77. The molecule has 2 atom stereocenters. The Morgan fingerprint density at radius 1 is 1.11 bits per heavy atom. The van der Waals surface area contributed by atoms with Gasteiger partial charge in [-0.25, -0.2) is 4.90 Å². The maximum Gasteiger partial charge on any atom is 0.259 e. The van der Waals surface area contributed by atoms with Gasteiger partial charge in [-0.1, -0.05) is 33.6 Å². The minimum absolute atomic E-state index is 0.0912. The van der Waals surface area contributed by atoms with Gasteiger partial charge in [0.1, 0.15) is 17.7 Å². The summed E-state index contributed by atoms with van der Waals surface area (Å²) in [5, 5.41) is 6.26. The number of benzene rings is 2. The van der Waals surface area contributed by atoms with E-state index in [2.05, 4.69) is 21.0 Å². The number of fused-ring (bicyclic) bond motifs is 1. The molecule has 0 spiro atoms. The molecule has 0 aliphatic carbocycles. The van der Waals surface area contributed by atoms with E-state index < -0.39 is 23.8 Å². The highest BCUT2D eigenvalue weighted by Crippen LogP contribution is 2.39. The first-order valence-corrected chi connectivity index (χ1v) is 9.75. The second kappa shape index (κ2) is 6.83. The molecule has 2 aromatic rings. The molecule has 2 aliphatic rings. The van der Waals surface area contributed by atoms with Crippen LogP contribution in [0.5, 0.6) is 0 Å². The lowest BCUT2D eigenvalue weighted by Gasteiger charge is -2.23. The lowest BCUT2D eigenvalue weighted by molar-refractivity contribution is -0.122. The number of hydrazone groups is 1. The summed E-state index contributed by atoms with van der Waals surface area (Å²) in [6.45, 7) is 3.10. The van der Waals surface area contributed by atoms with Crippen LogP contribution in [0.4, 0.5) is 11.4 Å². The standard InChI is InChI=1S/C20H15BrClN3O3/c1-10-14(22)4-3-5-15(10)24-19(27)16-17(11(2)26)23-25(18(16)20(24)28)13-8-6-12(21)7-9-13/h3-9,16,18H,1-2H3/t16-,18-/m0/s1. The van der Waals surface area contributed by atoms with Crippen molar-refractivity contribution in [3.8, 4) is 0 Å². The molecule has 0 radical (unpaired) electrons. The van der Waals surface area contributed by atoms with E-state index in [9.17, 15) is 14.4 Å². The number of imide groups is 1. The summed E-state index contributed by atoms with van der Waals surface area (Å²) in [5.74, 6) is -2.16. The Morgan fingerprint density at radius 2 is 1.79 bits per heavy atom. The molecule has 2 aromatic carbocycles. The van der Waals surface area contributed by atoms with E-state index in [0.717, 1.165) is 9.37 Å². The molecule has 4 rings (SSSR count). The molecule has 0 bridgehead atoms. The summed E-state index contributed by atoms with van der Waals surface area (Å²) in [4.78, 5) is 39.8. The normalized spacial score (nSPS) is 21.2. The molecule has 0 unspecified atom stereocenters. The van der Waals surface area contributed by atoms with Gasteiger partial charge in [0.15, 0.2) is 5.78 Å². The number of anilines is 2. The Labute approximate surface area is 174 Å². The Balaban J connectivity index is 1.83. The number of rotatable bonds is 3. The van der Waals surface area contributed by atoms with Gasteiger partial charge in [0.05, 0.1) is 11.4 Å². The minimum atomic E-state index is -0.938. The number of Topliss-reactive ketones (excluding diaryl/α,β-unsaturated/α-hetero) is 1. The summed E-state index contributed by atoms with van der Waals surface area (Å²) in [5.41, 5.74) is 1.77. The van der Waals surface area contributed by atoms with Gasteiger partial charge in [0, 0.05) is 16.4 Å². The van der Waals surface area contributed by atoms with Crippen molar-refractivity contribution in [3.63, 3.8) is 0 Å². The zero-order valence-corrected chi connectivity index (χ0v) is 17.4. The van der Waals surface area contributed by atoms with Crippen molar-refractivity contribution in [2.24, 2.45) is 11.0 Å². The summed E-state index contributed by atoms with van der Waals surface area (Å²) in [6, 6.07) is 11.3. The van der Waals surface area contributed by atoms with Gasteiger partial charge in [-0.2, -0.15) is 5.10 Å². The van der Waals surface area contributed by atoms with E-state index in [1.165, 1.54) is 11.9 Å². The number of nitrogens with zero attached hydrogens (tertiary/aromatic N) is 3. The van der Waals surface area contributed by atoms with Crippen LogP contribution in [0.15, 0.2) is 52.0 Å². The number of halogens is 2. The van der Waals surface area contributed by atoms with Crippen LogP contribution in [0.3, 0.4) is 0 Å². The highest BCUT2D eigenvalue weighted by molar-refractivity contribution is 9.10. The maximum atomic E-state index is 13.3. The molecule has 8 heteroatoms. The number of carbonyl (C=O) groups excluding carboxylic acids is 3. The monoisotopic (exact) mass is 459 g/mol. The molecule has 0 saturated carbocycles. The first kappa shape index (κ1) is 18.8. The predicted octanol–water partition coefficient (Wildman–Crippen LogP) is 3.73. The van der Waals surface area contributed by atoms with Crippen molar-refractivity contribution in [1.82, 2.24) is 0 Å². The molecule has 0 aromatic heterocycles. The Kier molecular flexibility index (Phi) is 4.59. The summed E-state index contributed by atoms with van der Waals surface area (Å²) in [7, 11) is 0. The quantitative estimate of drug-likeness (QED) is 0.655. The van der Waals surface area contributed by atoms with Crippen molar-refractivity contribution in [1.29, 1.82) is 0 Å². The van der Waals surface area contributed by atoms with E-state index in [-0.39, 0.29) is 11.5 Å². The largest absolute Gasteiger partial charge is 0.293 e. The van der Waals surface area contributed by atoms with Crippen molar-refractivity contribution in [3.05, 3.63) is 57.5 Å². The Bertz CT molecular complexity index is 1050. The number of ketones is 1. The van der Waals surface area contributed by atoms with Gasteiger partial charge in [-0.05, 0) is 48.9 Å². The number of hydrogen-bond donors (Lipinski definition) is 0. The molecule has 142 valence electrons. The molecule has 2 amide bonds. The van der Waals surface area contributed by atoms with Crippen molar-refractivity contribution >= 4 is 62.2 Å². The van der Waals surface area contributed by atoms with Gasteiger partial charge in [-0.3, -0.25) is 19.4 Å². The zero-order chi connectivity index (χ0) is 20.2. The molecule has 2 aliphatic heterocycles. The topological polar surface area (TPSA) is 70.1 Å². The fourth-order valence-electron chi connectivity index (χ4n) is 3.59. The second-order valence-corrected chi connectivity index (χ2v) is 8.00. The van der Waals surface area contributed by atoms with E-state index in [4.69, 9.17) is 11.6 Å². The molecule has 2 heterocycles. The van der Waals surface area contributed by atoms with Crippen LogP contribution in [-0.2, 0) is 14.4 Å². The molecular weight excluding hydrogens is 446 g/mol. The summed E-state index contributed by atoms with van der Waals surface area (Å²) in [6.07, 6.45) is 0. The van der Waals surface area contributed by atoms with Crippen LogP contribution >= 0.6 is 27.5 Å². The van der Waals surface area contributed by atoms with E-state index in [0.29, 0.717) is 22.0 Å². The zero-order valence-electron chi connectivity index (χ0n) is 15.0. The SMILES string of the molecule is CC(=O)C1=NN(c2ccc(Br)cc2)[C@@H]2C(=O)N(c3cccc(Cl)c3C)C(=O)[C@@H]12. The van der Waals surface area contributed by atoms with Gasteiger partial charge < -0.3 is 0 Å². The number of amides is 2. The Morgan fingerprint density at radius 3 is 2.43 bits per heavy atom. The lowest BCUT2D eigenvalue weighted by Crippen LogP contribution is -2.39. The minimum Gasteiger partial charge on any atom is -0.293 e. The molecule has 0 N–H and O–H groups in total. The van der Waals surface area contributed by atoms with Crippen molar-refractivity contribution in [2.75, 3.05) is 9.91 Å². The first-order chi connectivity index (χ1) is 13.3. The van der Waals surface area contributed by atoms with E-state index in [1.807, 2.05) is 12.1 Å². The predicted molar refractivity (Wildman–Crippen MR) is 111 cm³/mol. The summed E-state index contributed by atoms with van der Waals surface area (Å²) >= 11 is 9.56. The van der Waals surface area contributed by atoms with Gasteiger partial charge in [0.2, 0.25) is 5.91 Å². The highest BCUT2D eigenvalue weighted by Gasteiger charge is 2.58. The number of carbonyl (C=O) groups is 3. The fourth-order valence-corrected chi connectivity index (χ4v) is 4.02. The fraction of sp³-hybridized carbons (Fsp3) is 0.200. The molecule has 28 heavy (non-hydrogen) atoms. The van der Waals surface area contributed by atoms with Gasteiger partial charge in [-0.15, -0.1) is 0 Å². The van der Waals surface area contributed by atoms with E-state index >= 15 is 0 Å². The van der Waals surface area contributed by atoms with Crippen molar-refractivity contribution < 1.29 is 14.4 Å². The third-order valence-electron chi connectivity index (χ3n) is 4.98. The molecule has 1 fully saturated rings. The van der Waals surface area contributed by atoms with Crippen LogP contribution in [0.2, 0.25) is 5.02 Å². The lowest BCUT2D eigenvalue weighted by atomic mass is 9.95. The van der Waals surface area contributed by atoms with Crippen LogP contribution in [-0.4, -0.2) is 29.4 Å². The average molecular weight is 461 g/mol. The number of hydrogen-bond acceptors (Lipinski definition) is 5. The maximum absolute atomic E-state index is 13.3. The highest BCUT2D eigenvalue weighted by atomic mass is 79.9. The summed E-state index contributed by atoms with van der Waals surface area (Å²) < 4.78 is 0.868. The average Bonchev–Trinajstić information content (AvgIpc) is 3.16.